The van der Waals surface area contributed by atoms with Crippen LogP contribution in [-0.2, 0) is 6.54 Å². The minimum atomic E-state index is 0.0133. The smallest absolute Gasteiger partial charge is 0.317 e. The summed E-state index contributed by atoms with van der Waals surface area (Å²) in [5.74, 6) is 0. The molecule has 3 heterocycles. The number of carbonyl (C=O) groups is 1. The van der Waals surface area contributed by atoms with E-state index in [0.717, 1.165) is 36.6 Å². The van der Waals surface area contributed by atoms with Gasteiger partial charge in [-0.05, 0) is 12.8 Å². The molecule has 0 atom stereocenters. The molecule has 0 aliphatic carbocycles. The lowest BCUT2D eigenvalue weighted by Crippen LogP contribution is -2.49. The molecule has 2 aromatic rings. The number of imidazole rings is 1. The molecule has 1 fully saturated rings. The number of nitrogens with one attached hydrogen (secondary N) is 2. The van der Waals surface area contributed by atoms with Crippen LogP contribution in [0.15, 0.2) is 17.8 Å². The fourth-order valence-corrected chi connectivity index (χ4v) is 3.58. The molecular weight excluding hydrogens is 298 g/mol. The zero-order valence-corrected chi connectivity index (χ0v) is 13.9. The van der Waals surface area contributed by atoms with Crippen molar-refractivity contribution >= 4 is 22.3 Å². The van der Waals surface area contributed by atoms with E-state index in [0.29, 0.717) is 18.6 Å². The van der Waals surface area contributed by atoms with Crippen LogP contribution in [0.2, 0.25) is 0 Å². The van der Waals surface area contributed by atoms with Gasteiger partial charge in [-0.25, -0.2) is 9.78 Å². The number of fused-ring (bicyclic) bond motifs is 1. The van der Waals surface area contributed by atoms with E-state index in [2.05, 4.69) is 29.5 Å². The Hall–Kier alpha value is -1.60. The first-order valence-electron chi connectivity index (χ1n) is 7.81. The highest BCUT2D eigenvalue weighted by molar-refractivity contribution is 7.15. The molecule has 2 amide bonds. The van der Waals surface area contributed by atoms with Gasteiger partial charge in [0.15, 0.2) is 4.96 Å². The predicted octanol–water partition coefficient (Wildman–Crippen LogP) is 2.07. The van der Waals surface area contributed by atoms with E-state index in [1.807, 2.05) is 27.1 Å². The highest BCUT2D eigenvalue weighted by atomic mass is 32.1. The number of urea groups is 1. The number of amides is 2. The molecule has 0 aromatic carbocycles. The van der Waals surface area contributed by atoms with Crippen LogP contribution in [0, 0.1) is 0 Å². The molecule has 0 unspecified atom stereocenters. The van der Waals surface area contributed by atoms with Gasteiger partial charge in [0, 0.05) is 42.9 Å². The van der Waals surface area contributed by atoms with Gasteiger partial charge in [-0.3, -0.25) is 4.40 Å². The number of carbonyl (C=O) groups excluding carboxylic acids is 1. The average Bonchev–Trinajstić information content (AvgIpc) is 3.06. The molecule has 6 nitrogen and oxygen atoms in total. The van der Waals surface area contributed by atoms with Crippen LogP contribution in [0.4, 0.5) is 4.79 Å². The van der Waals surface area contributed by atoms with Crippen LogP contribution in [-0.4, -0.2) is 45.5 Å². The maximum atomic E-state index is 12.2. The van der Waals surface area contributed by atoms with Gasteiger partial charge in [-0.15, -0.1) is 11.3 Å². The van der Waals surface area contributed by atoms with Gasteiger partial charge in [-0.1, -0.05) is 13.8 Å². The number of hydrogen-bond acceptors (Lipinski definition) is 4. The Balaban J connectivity index is 1.45. The monoisotopic (exact) mass is 321 g/mol. The molecule has 3 rings (SSSR count). The highest BCUT2D eigenvalue weighted by Crippen LogP contribution is 2.13. The van der Waals surface area contributed by atoms with Crippen molar-refractivity contribution in [3.05, 3.63) is 23.5 Å². The maximum Gasteiger partial charge on any atom is 0.317 e. The topological polar surface area (TPSA) is 61.7 Å². The summed E-state index contributed by atoms with van der Waals surface area (Å²) in [5.41, 5.74) is 0.900. The first-order valence-corrected chi connectivity index (χ1v) is 8.69. The number of hydrogen-bond donors (Lipinski definition) is 2. The molecular formula is C15H23N5OS. The van der Waals surface area contributed by atoms with Crippen molar-refractivity contribution in [3.8, 4) is 0 Å². The summed E-state index contributed by atoms with van der Waals surface area (Å²) in [6.45, 7) is 6.43. The molecule has 7 heteroatoms. The Morgan fingerprint density at radius 3 is 2.91 bits per heavy atom. The van der Waals surface area contributed by atoms with Crippen molar-refractivity contribution in [2.45, 2.75) is 45.3 Å². The molecule has 0 bridgehead atoms. The average molecular weight is 321 g/mol. The van der Waals surface area contributed by atoms with Gasteiger partial charge in [0.1, 0.15) is 0 Å². The molecule has 22 heavy (non-hydrogen) atoms. The third kappa shape index (κ3) is 3.59. The van der Waals surface area contributed by atoms with E-state index < -0.39 is 0 Å². The molecule has 0 saturated carbocycles. The summed E-state index contributed by atoms with van der Waals surface area (Å²) in [6, 6.07) is 1.04. The van der Waals surface area contributed by atoms with Crippen LogP contribution in [0.3, 0.4) is 0 Å². The van der Waals surface area contributed by atoms with E-state index in [1.165, 1.54) is 0 Å². The fraction of sp³-hybridized carbons (Fsp3) is 0.600. The summed E-state index contributed by atoms with van der Waals surface area (Å²) in [7, 11) is 0. The SMILES string of the molecule is CC(C)NC1CCN(C(=O)NCc2cn3ccsc3n2)CC1. The largest absolute Gasteiger partial charge is 0.332 e. The second-order valence-corrected chi connectivity index (χ2v) is 6.94. The van der Waals surface area contributed by atoms with Gasteiger partial charge in [0.25, 0.3) is 0 Å². The molecule has 0 radical (unpaired) electrons. The fourth-order valence-electron chi connectivity index (χ4n) is 2.86. The van der Waals surface area contributed by atoms with Gasteiger partial charge < -0.3 is 15.5 Å². The number of thiazole rings is 1. The lowest BCUT2D eigenvalue weighted by molar-refractivity contribution is 0.174. The Labute approximate surface area is 134 Å². The zero-order valence-electron chi connectivity index (χ0n) is 13.1. The van der Waals surface area contributed by atoms with Gasteiger partial charge in [0.2, 0.25) is 0 Å². The minimum absolute atomic E-state index is 0.0133. The van der Waals surface area contributed by atoms with E-state index >= 15 is 0 Å². The van der Waals surface area contributed by atoms with E-state index in [9.17, 15) is 4.79 Å². The van der Waals surface area contributed by atoms with Crippen molar-refractivity contribution in [2.24, 2.45) is 0 Å². The summed E-state index contributed by atoms with van der Waals surface area (Å²) >= 11 is 1.60. The zero-order chi connectivity index (χ0) is 15.5. The van der Waals surface area contributed by atoms with Crippen molar-refractivity contribution in [1.82, 2.24) is 24.9 Å². The highest BCUT2D eigenvalue weighted by Gasteiger charge is 2.22. The standard InChI is InChI=1S/C15H23N5OS/c1-11(2)17-12-3-5-19(6-4-12)14(21)16-9-13-10-20-7-8-22-15(20)18-13/h7-8,10-12,17H,3-6,9H2,1-2H3,(H,16,21). The molecule has 2 aromatic heterocycles. The molecule has 1 aliphatic heterocycles. The second-order valence-electron chi connectivity index (χ2n) is 6.07. The van der Waals surface area contributed by atoms with E-state index in [1.54, 1.807) is 11.3 Å². The summed E-state index contributed by atoms with van der Waals surface area (Å²) in [6.07, 6.45) is 5.98. The third-order valence-electron chi connectivity index (χ3n) is 3.92. The van der Waals surface area contributed by atoms with E-state index in [4.69, 9.17) is 0 Å². The number of nitrogens with zero attached hydrogens (tertiary/aromatic N) is 3. The molecule has 120 valence electrons. The van der Waals surface area contributed by atoms with E-state index in [-0.39, 0.29) is 6.03 Å². The molecule has 1 aliphatic rings. The number of rotatable bonds is 4. The second kappa shape index (κ2) is 6.66. The summed E-state index contributed by atoms with van der Waals surface area (Å²) in [4.78, 5) is 19.6. The quantitative estimate of drug-likeness (QED) is 0.906. The number of piperidine rings is 1. The summed E-state index contributed by atoms with van der Waals surface area (Å²) < 4.78 is 1.98. The third-order valence-corrected chi connectivity index (χ3v) is 4.69. The first-order chi connectivity index (χ1) is 10.6. The molecule has 0 spiro atoms. The first kappa shape index (κ1) is 15.3. The Bertz CT molecular complexity index is 598. The lowest BCUT2D eigenvalue weighted by atomic mass is 10.0. The molecule has 1 saturated heterocycles. The van der Waals surface area contributed by atoms with Crippen LogP contribution < -0.4 is 10.6 Å². The Morgan fingerprint density at radius 1 is 1.45 bits per heavy atom. The Morgan fingerprint density at radius 2 is 2.23 bits per heavy atom. The van der Waals surface area contributed by atoms with Crippen LogP contribution >= 0.6 is 11.3 Å². The minimum Gasteiger partial charge on any atom is -0.332 e. The van der Waals surface area contributed by atoms with Crippen LogP contribution in [0.25, 0.3) is 4.96 Å². The summed E-state index contributed by atoms with van der Waals surface area (Å²) in [5, 5.41) is 8.51. The van der Waals surface area contributed by atoms with Gasteiger partial charge in [-0.2, -0.15) is 0 Å². The van der Waals surface area contributed by atoms with Crippen LogP contribution in [0.5, 0.6) is 0 Å². The lowest BCUT2D eigenvalue weighted by Gasteiger charge is -2.33. The van der Waals surface area contributed by atoms with Gasteiger partial charge in [0.05, 0.1) is 12.2 Å². The predicted molar refractivity (Wildman–Crippen MR) is 88.2 cm³/mol. The molecule has 2 N–H and O–H groups in total. The normalized spacial score (nSPS) is 16.6. The Kier molecular flexibility index (Phi) is 4.63. The van der Waals surface area contributed by atoms with Crippen LogP contribution in [0.1, 0.15) is 32.4 Å². The maximum absolute atomic E-state index is 12.2. The van der Waals surface area contributed by atoms with Gasteiger partial charge >= 0.3 is 6.03 Å². The van der Waals surface area contributed by atoms with Crippen molar-refractivity contribution < 1.29 is 4.79 Å². The number of aromatic nitrogens is 2. The van der Waals surface area contributed by atoms with Crippen molar-refractivity contribution in [3.63, 3.8) is 0 Å². The number of likely N-dealkylation sites (tertiary alicyclic amines) is 1. The van der Waals surface area contributed by atoms with Crippen molar-refractivity contribution in [1.29, 1.82) is 0 Å². The van der Waals surface area contributed by atoms with Crippen molar-refractivity contribution in [2.75, 3.05) is 13.1 Å².